The van der Waals surface area contributed by atoms with Gasteiger partial charge in [0.2, 0.25) is 5.91 Å². The fraction of sp³-hybridized carbons (Fsp3) is 0.458. The lowest BCUT2D eigenvalue weighted by molar-refractivity contribution is -0.121. The van der Waals surface area contributed by atoms with Crippen LogP contribution in [0.15, 0.2) is 48.7 Å². The molecule has 1 unspecified atom stereocenters. The first-order valence-electron chi connectivity index (χ1n) is 11.3. The molecule has 164 valence electrons. The second kappa shape index (κ2) is 10.3. The molecule has 0 radical (unpaired) electrons. The Labute approximate surface area is 183 Å². The van der Waals surface area contributed by atoms with Crippen molar-refractivity contribution in [2.24, 2.45) is 5.92 Å². The minimum atomic E-state index is -0.193. The summed E-state index contributed by atoms with van der Waals surface area (Å²) < 4.78 is 0. The van der Waals surface area contributed by atoms with E-state index in [9.17, 15) is 9.59 Å². The topological polar surface area (TPSA) is 77.6 Å². The molecule has 2 aliphatic heterocycles. The molecule has 1 atom stereocenters. The van der Waals surface area contributed by atoms with Gasteiger partial charge in [-0.25, -0.2) is 9.78 Å². The summed E-state index contributed by atoms with van der Waals surface area (Å²) >= 11 is 0. The first-order valence-corrected chi connectivity index (χ1v) is 11.3. The van der Waals surface area contributed by atoms with Gasteiger partial charge in [0.25, 0.3) is 0 Å². The van der Waals surface area contributed by atoms with Gasteiger partial charge in [0.05, 0.1) is 5.92 Å². The third-order valence-electron chi connectivity index (χ3n) is 6.07. The maximum atomic E-state index is 12.8. The van der Waals surface area contributed by atoms with Gasteiger partial charge in [0, 0.05) is 50.2 Å². The molecule has 0 bridgehead atoms. The van der Waals surface area contributed by atoms with Crippen molar-refractivity contribution in [3.8, 4) is 0 Å². The van der Waals surface area contributed by atoms with Gasteiger partial charge < -0.3 is 20.4 Å². The number of aromatic nitrogens is 1. The van der Waals surface area contributed by atoms with Crippen molar-refractivity contribution in [1.82, 2.24) is 15.2 Å². The van der Waals surface area contributed by atoms with Crippen molar-refractivity contribution in [3.63, 3.8) is 0 Å². The molecule has 2 fully saturated rings. The number of pyridine rings is 1. The number of amides is 3. The Morgan fingerprint density at radius 3 is 2.58 bits per heavy atom. The van der Waals surface area contributed by atoms with Crippen LogP contribution < -0.4 is 15.5 Å². The van der Waals surface area contributed by atoms with Crippen LogP contribution in [0.5, 0.6) is 0 Å². The molecule has 3 heterocycles. The van der Waals surface area contributed by atoms with E-state index in [1.54, 1.807) is 4.90 Å². The molecule has 7 heteroatoms. The van der Waals surface area contributed by atoms with Crippen molar-refractivity contribution < 1.29 is 9.59 Å². The SMILES string of the molecule is O=C(Nc1ccccc1)C1CCCN(C(=O)NCc2cccnc2N2CCCCC2)C1. The molecule has 4 rings (SSSR count). The van der Waals surface area contributed by atoms with E-state index in [-0.39, 0.29) is 17.9 Å². The first kappa shape index (κ1) is 21.2. The van der Waals surface area contributed by atoms with Crippen molar-refractivity contribution in [2.45, 2.75) is 38.6 Å². The van der Waals surface area contributed by atoms with Crippen LogP contribution in [-0.2, 0) is 11.3 Å². The van der Waals surface area contributed by atoms with Gasteiger partial charge in [-0.3, -0.25) is 4.79 Å². The minimum Gasteiger partial charge on any atom is -0.356 e. The molecule has 1 aromatic carbocycles. The Morgan fingerprint density at radius 1 is 0.968 bits per heavy atom. The molecule has 7 nitrogen and oxygen atoms in total. The zero-order chi connectivity index (χ0) is 21.5. The van der Waals surface area contributed by atoms with Gasteiger partial charge in [-0.1, -0.05) is 24.3 Å². The van der Waals surface area contributed by atoms with Crippen LogP contribution in [0.25, 0.3) is 0 Å². The van der Waals surface area contributed by atoms with Crippen LogP contribution in [-0.4, -0.2) is 48.0 Å². The molecule has 2 aromatic rings. The molecule has 2 N–H and O–H groups in total. The molecule has 0 saturated carbocycles. The van der Waals surface area contributed by atoms with Crippen molar-refractivity contribution in [3.05, 3.63) is 54.2 Å². The van der Waals surface area contributed by atoms with Crippen LogP contribution in [0.1, 0.15) is 37.7 Å². The van der Waals surface area contributed by atoms with Crippen LogP contribution in [0.3, 0.4) is 0 Å². The minimum absolute atomic E-state index is 0.0247. The number of nitrogens with one attached hydrogen (secondary N) is 2. The lowest BCUT2D eigenvalue weighted by atomic mass is 9.97. The Balaban J connectivity index is 1.32. The maximum absolute atomic E-state index is 12.8. The average Bonchev–Trinajstić information content (AvgIpc) is 2.84. The molecular formula is C24H31N5O2. The van der Waals surface area contributed by atoms with Gasteiger partial charge in [0.15, 0.2) is 0 Å². The highest BCUT2D eigenvalue weighted by molar-refractivity contribution is 5.93. The number of benzene rings is 1. The third kappa shape index (κ3) is 5.54. The van der Waals surface area contributed by atoms with E-state index in [0.717, 1.165) is 43.0 Å². The molecular weight excluding hydrogens is 390 g/mol. The number of carbonyl (C=O) groups excluding carboxylic acids is 2. The predicted molar refractivity (Wildman–Crippen MR) is 122 cm³/mol. The van der Waals surface area contributed by atoms with E-state index >= 15 is 0 Å². The Kier molecular flexibility index (Phi) is 7.02. The van der Waals surface area contributed by atoms with Crippen LogP contribution in [0.2, 0.25) is 0 Å². The van der Waals surface area contributed by atoms with Crippen LogP contribution >= 0.6 is 0 Å². The average molecular weight is 422 g/mol. The summed E-state index contributed by atoms with van der Waals surface area (Å²) in [6.07, 6.45) is 7.07. The van der Waals surface area contributed by atoms with Gasteiger partial charge in [0.1, 0.15) is 5.82 Å². The van der Waals surface area contributed by atoms with Crippen molar-refractivity contribution >= 4 is 23.4 Å². The lowest BCUT2D eigenvalue weighted by Crippen LogP contribution is -2.47. The van der Waals surface area contributed by atoms with Crippen LogP contribution in [0, 0.1) is 5.92 Å². The molecule has 0 aliphatic carbocycles. The molecule has 2 saturated heterocycles. The molecule has 31 heavy (non-hydrogen) atoms. The van der Waals surface area contributed by atoms with Gasteiger partial charge in [-0.15, -0.1) is 0 Å². The smallest absolute Gasteiger partial charge is 0.317 e. The summed E-state index contributed by atoms with van der Waals surface area (Å²) in [4.78, 5) is 34.1. The molecule has 1 aromatic heterocycles. The summed E-state index contributed by atoms with van der Waals surface area (Å²) in [6.45, 7) is 3.59. The quantitative estimate of drug-likeness (QED) is 0.773. The standard InChI is InChI=1S/C24H31N5O2/c30-23(27-21-11-3-1-4-12-21)20-10-8-16-29(18-20)24(31)26-17-19-9-7-13-25-22(19)28-14-5-2-6-15-28/h1,3-4,7,9,11-13,20H,2,5-6,8,10,14-18H2,(H,26,31)(H,27,30). The highest BCUT2D eigenvalue weighted by atomic mass is 16.2. The van der Waals surface area contributed by atoms with E-state index < -0.39 is 0 Å². The van der Waals surface area contributed by atoms with Gasteiger partial charge >= 0.3 is 6.03 Å². The monoisotopic (exact) mass is 421 g/mol. The summed E-state index contributed by atoms with van der Waals surface area (Å²) in [5.41, 5.74) is 1.82. The number of hydrogen-bond donors (Lipinski definition) is 2. The second-order valence-electron chi connectivity index (χ2n) is 8.33. The Hall–Kier alpha value is -3.09. The Morgan fingerprint density at radius 2 is 1.77 bits per heavy atom. The van der Waals surface area contributed by atoms with E-state index in [1.807, 2.05) is 48.7 Å². The highest BCUT2D eigenvalue weighted by Crippen LogP contribution is 2.22. The van der Waals surface area contributed by atoms with E-state index in [0.29, 0.717) is 19.6 Å². The normalized spacial score (nSPS) is 19.0. The summed E-state index contributed by atoms with van der Waals surface area (Å²) in [6, 6.07) is 13.3. The number of carbonyl (C=O) groups is 2. The number of likely N-dealkylation sites (tertiary alicyclic amines) is 1. The molecule has 3 amide bonds. The number of anilines is 2. The van der Waals surface area contributed by atoms with E-state index in [4.69, 9.17) is 0 Å². The summed E-state index contributed by atoms with van der Waals surface area (Å²) in [5.74, 6) is 0.756. The number of hydrogen-bond acceptors (Lipinski definition) is 4. The number of para-hydroxylation sites is 1. The number of piperidine rings is 2. The van der Waals surface area contributed by atoms with Crippen molar-refractivity contribution in [1.29, 1.82) is 0 Å². The van der Waals surface area contributed by atoms with Gasteiger partial charge in [-0.05, 0) is 50.3 Å². The highest BCUT2D eigenvalue weighted by Gasteiger charge is 2.28. The summed E-state index contributed by atoms with van der Waals surface area (Å²) in [5, 5.41) is 6.01. The fourth-order valence-corrected chi connectivity index (χ4v) is 4.38. The maximum Gasteiger partial charge on any atom is 0.317 e. The molecule has 0 spiro atoms. The second-order valence-corrected chi connectivity index (χ2v) is 8.33. The number of rotatable bonds is 5. The van der Waals surface area contributed by atoms with Crippen LogP contribution in [0.4, 0.5) is 16.3 Å². The molecule has 2 aliphatic rings. The fourth-order valence-electron chi connectivity index (χ4n) is 4.38. The largest absolute Gasteiger partial charge is 0.356 e. The Bertz CT molecular complexity index is 883. The number of urea groups is 1. The summed E-state index contributed by atoms with van der Waals surface area (Å²) in [7, 11) is 0. The third-order valence-corrected chi connectivity index (χ3v) is 6.07. The van der Waals surface area contributed by atoms with Gasteiger partial charge in [-0.2, -0.15) is 0 Å². The van der Waals surface area contributed by atoms with E-state index in [2.05, 4.69) is 20.5 Å². The predicted octanol–water partition coefficient (Wildman–Crippen LogP) is 3.63. The van der Waals surface area contributed by atoms with E-state index in [1.165, 1.54) is 19.3 Å². The lowest BCUT2D eigenvalue weighted by Gasteiger charge is -2.32. The first-order chi connectivity index (χ1) is 15.2. The zero-order valence-corrected chi connectivity index (χ0v) is 17.9. The zero-order valence-electron chi connectivity index (χ0n) is 17.9. The van der Waals surface area contributed by atoms with Crippen molar-refractivity contribution in [2.75, 3.05) is 36.4 Å². The number of nitrogens with zero attached hydrogens (tertiary/aromatic N) is 3.